The predicted octanol–water partition coefficient (Wildman–Crippen LogP) is 4.21. The molecule has 0 radical (unpaired) electrons. The van der Waals surface area contributed by atoms with Gasteiger partial charge in [0, 0.05) is 31.4 Å². The van der Waals surface area contributed by atoms with Crippen molar-refractivity contribution < 1.29 is 4.58 Å². The number of aryl methyl sites for hydroxylation is 1. The maximum absolute atomic E-state index is 2.64. The highest BCUT2D eigenvalue weighted by atomic mass is 15.1. The van der Waals surface area contributed by atoms with Crippen LogP contribution in [0.1, 0.15) is 36.1 Å². The van der Waals surface area contributed by atoms with Gasteiger partial charge in [-0.25, -0.2) is 0 Å². The van der Waals surface area contributed by atoms with Gasteiger partial charge in [0.1, 0.15) is 0 Å². The molecule has 0 bridgehead atoms. The van der Waals surface area contributed by atoms with Gasteiger partial charge in [-0.3, -0.25) is 0 Å². The summed E-state index contributed by atoms with van der Waals surface area (Å²) in [4.78, 5) is 0. The van der Waals surface area contributed by atoms with Gasteiger partial charge in [-0.15, -0.1) is 0 Å². The van der Waals surface area contributed by atoms with Crippen LogP contribution in [0.2, 0.25) is 0 Å². The molecular formula is C20H22N+. The number of nitrogens with zero attached hydrogens (tertiary/aromatic N) is 1. The first-order valence-electron chi connectivity index (χ1n) is 7.86. The van der Waals surface area contributed by atoms with Gasteiger partial charge in [-0.2, -0.15) is 4.58 Å². The number of benzene rings is 2. The molecule has 0 amide bonds. The maximum Gasteiger partial charge on any atom is 0.212 e. The summed E-state index contributed by atoms with van der Waals surface area (Å²) in [6.45, 7) is 7.02. The van der Waals surface area contributed by atoms with Crippen molar-refractivity contribution in [3.05, 3.63) is 64.7 Å². The molecule has 0 fully saturated rings. The Morgan fingerprint density at radius 3 is 2.33 bits per heavy atom. The summed E-state index contributed by atoms with van der Waals surface area (Å²) in [5.74, 6) is 0. The molecule has 0 atom stereocenters. The molecule has 2 aromatic rings. The number of fused-ring (bicyclic) bond motifs is 3. The van der Waals surface area contributed by atoms with Gasteiger partial charge in [-0.05, 0) is 18.1 Å². The molecule has 0 saturated heterocycles. The minimum Gasteiger partial charge on any atom is -0.194 e. The molecule has 4 rings (SSSR count). The zero-order valence-corrected chi connectivity index (χ0v) is 13.1. The molecule has 106 valence electrons. The lowest BCUT2D eigenvalue weighted by Crippen LogP contribution is -2.37. The fourth-order valence-electron chi connectivity index (χ4n) is 4.18. The van der Waals surface area contributed by atoms with Gasteiger partial charge >= 0.3 is 0 Å². The normalized spacial score (nSPS) is 18.8. The minimum atomic E-state index is 0.138. The predicted molar refractivity (Wildman–Crippen MR) is 87.7 cm³/mol. The maximum atomic E-state index is 2.64. The van der Waals surface area contributed by atoms with E-state index in [4.69, 9.17) is 0 Å². The van der Waals surface area contributed by atoms with Crippen LogP contribution >= 0.6 is 0 Å². The van der Waals surface area contributed by atoms with E-state index in [9.17, 15) is 0 Å². The van der Waals surface area contributed by atoms with E-state index in [0.29, 0.717) is 0 Å². The third-order valence-electron chi connectivity index (χ3n) is 5.00. The molecule has 1 nitrogen and oxygen atoms in total. The van der Waals surface area contributed by atoms with Gasteiger partial charge in [0.15, 0.2) is 11.3 Å². The van der Waals surface area contributed by atoms with E-state index < -0.39 is 0 Å². The first-order chi connectivity index (χ1) is 10.1. The van der Waals surface area contributed by atoms with Crippen LogP contribution in [0.3, 0.4) is 0 Å². The van der Waals surface area contributed by atoms with Crippen molar-refractivity contribution in [2.45, 2.75) is 45.6 Å². The van der Waals surface area contributed by atoms with Crippen molar-refractivity contribution in [3.63, 3.8) is 0 Å². The lowest BCUT2D eigenvalue weighted by atomic mass is 9.90. The quantitative estimate of drug-likeness (QED) is 0.634. The van der Waals surface area contributed by atoms with Gasteiger partial charge < -0.3 is 0 Å². The number of para-hydroxylation sites is 1. The zero-order valence-electron chi connectivity index (χ0n) is 13.1. The molecule has 0 aliphatic carbocycles. The van der Waals surface area contributed by atoms with Crippen LogP contribution in [0.4, 0.5) is 5.69 Å². The highest BCUT2D eigenvalue weighted by Gasteiger charge is 2.43. The Hall–Kier alpha value is -1.89. The van der Waals surface area contributed by atoms with Crippen molar-refractivity contribution in [1.82, 2.24) is 0 Å². The van der Waals surface area contributed by atoms with Crippen LogP contribution in [0.15, 0.2) is 42.5 Å². The highest BCUT2D eigenvalue weighted by molar-refractivity contribution is 5.90. The van der Waals surface area contributed by atoms with Crippen molar-refractivity contribution in [1.29, 1.82) is 0 Å². The Kier molecular flexibility index (Phi) is 2.63. The molecule has 0 N–H and O–H groups in total. The Balaban J connectivity index is 1.93. The van der Waals surface area contributed by atoms with Crippen LogP contribution < -0.4 is 0 Å². The molecule has 2 aliphatic rings. The summed E-state index contributed by atoms with van der Waals surface area (Å²) in [5, 5.41) is 0. The standard InChI is InChI=1S/C20H22N/c1-14-7-6-10-16-12-18-11-15-8-4-5-9-17(15)13-20(2,3)21(18)19(14)16/h4-10H,11-13H2,1-3H3/q+1. The van der Waals surface area contributed by atoms with E-state index in [1.54, 1.807) is 5.71 Å². The van der Waals surface area contributed by atoms with E-state index in [2.05, 4.69) is 67.8 Å². The van der Waals surface area contributed by atoms with Crippen molar-refractivity contribution >= 4 is 11.4 Å². The molecule has 0 spiro atoms. The Morgan fingerprint density at radius 1 is 0.857 bits per heavy atom. The fraction of sp³-hybridized carbons (Fsp3) is 0.350. The average Bonchev–Trinajstić information content (AvgIpc) is 2.76. The molecule has 2 aliphatic heterocycles. The van der Waals surface area contributed by atoms with Crippen LogP contribution in [0, 0.1) is 6.92 Å². The highest BCUT2D eigenvalue weighted by Crippen LogP contribution is 2.39. The first-order valence-corrected chi connectivity index (χ1v) is 7.86. The van der Waals surface area contributed by atoms with E-state index in [0.717, 1.165) is 19.3 Å². The van der Waals surface area contributed by atoms with Gasteiger partial charge in [-0.1, -0.05) is 42.5 Å². The number of rotatable bonds is 0. The summed E-state index contributed by atoms with van der Waals surface area (Å²) in [7, 11) is 0. The molecule has 1 heteroatoms. The van der Waals surface area contributed by atoms with Crippen molar-refractivity contribution in [2.24, 2.45) is 0 Å². The Morgan fingerprint density at radius 2 is 1.52 bits per heavy atom. The first kappa shape index (κ1) is 12.8. The molecule has 21 heavy (non-hydrogen) atoms. The summed E-state index contributed by atoms with van der Waals surface area (Å²) in [6, 6.07) is 15.7. The van der Waals surface area contributed by atoms with Crippen LogP contribution in [0.25, 0.3) is 0 Å². The second kappa shape index (κ2) is 4.30. The lowest BCUT2D eigenvalue weighted by Gasteiger charge is -2.22. The molecule has 0 unspecified atom stereocenters. The third kappa shape index (κ3) is 1.87. The van der Waals surface area contributed by atoms with E-state index in [1.807, 2.05) is 0 Å². The van der Waals surface area contributed by atoms with Gasteiger partial charge in [0.05, 0.1) is 12.8 Å². The fourth-order valence-corrected chi connectivity index (χ4v) is 4.18. The van der Waals surface area contributed by atoms with Crippen LogP contribution in [-0.4, -0.2) is 15.8 Å². The average molecular weight is 276 g/mol. The monoisotopic (exact) mass is 276 g/mol. The second-order valence-electron chi connectivity index (χ2n) is 7.10. The smallest absolute Gasteiger partial charge is 0.194 e. The second-order valence-corrected chi connectivity index (χ2v) is 7.10. The lowest BCUT2D eigenvalue weighted by molar-refractivity contribution is -0.523. The van der Waals surface area contributed by atoms with Crippen molar-refractivity contribution in [2.75, 3.05) is 0 Å². The van der Waals surface area contributed by atoms with Crippen LogP contribution in [-0.2, 0) is 19.3 Å². The summed E-state index contributed by atoms with van der Waals surface area (Å²) >= 11 is 0. The topological polar surface area (TPSA) is 3.01 Å². The molecule has 0 saturated carbocycles. The van der Waals surface area contributed by atoms with E-state index in [-0.39, 0.29) is 5.54 Å². The van der Waals surface area contributed by atoms with E-state index in [1.165, 1.54) is 27.9 Å². The molecular weight excluding hydrogens is 254 g/mol. The molecule has 2 heterocycles. The third-order valence-corrected chi connectivity index (χ3v) is 5.00. The molecule has 2 aromatic carbocycles. The van der Waals surface area contributed by atoms with Gasteiger partial charge in [0.2, 0.25) is 5.69 Å². The Bertz CT molecular complexity index is 765. The zero-order chi connectivity index (χ0) is 14.6. The number of hydrogen-bond donors (Lipinski definition) is 0. The van der Waals surface area contributed by atoms with Crippen molar-refractivity contribution in [3.8, 4) is 0 Å². The molecule has 0 aromatic heterocycles. The van der Waals surface area contributed by atoms with Crippen LogP contribution in [0.5, 0.6) is 0 Å². The summed E-state index contributed by atoms with van der Waals surface area (Å²) in [6.07, 6.45) is 3.31. The van der Waals surface area contributed by atoms with Gasteiger partial charge in [0.25, 0.3) is 0 Å². The van der Waals surface area contributed by atoms with E-state index >= 15 is 0 Å². The number of hydrogen-bond acceptors (Lipinski definition) is 0. The SMILES string of the molecule is Cc1cccc2c1[N+]1=C(Cc3ccccc3CC1(C)C)C2. The largest absolute Gasteiger partial charge is 0.212 e. The minimum absolute atomic E-state index is 0.138. The Labute approximate surface area is 127 Å². The summed E-state index contributed by atoms with van der Waals surface area (Å²) < 4.78 is 2.64. The summed E-state index contributed by atoms with van der Waals surface area (Å²) in [5.41, 5.74) is 9.09.